The number of rotatable bonds is 3. The zero-order valence-corrected chi connectivity index (χ0v) is 8.95. The number of hydrogen-bond donors (Lipinski definition) is 0. The van der Waals surface area contributed by atoms with E-state index in [9.17, 15) is 4.79 Å². The molecule has 2 rings (SSSR count). The van der Waals surface area contributed by atoms with Gasteiger partial charge in [-0.3, -0.25) is 0 Å². The quantitative estimate of drug-likeness (QED) is 0.718. The molecule has 0 saturated carbocycles. The molecule has 7 nitrogen and oxygen atoms in total. The molecule has 0 saturated heterocycles. The number of nitrogens with zero attached hydrogens (tertiary/aromatic N) is 4. The van der Waals surface area contributed by atoms with Gasteiger partial charge in [-0.25, -0.2) is 14.5 Å². The van der Waals surface area contributed by atoms with Gasteiger partial charge >= 0.3 is 5.97 Å². The predicted octanol–water partition coefficient (Wildman–Crippen LogP) is 0.578. The average molecular weight is 232 g/mol. The van der Waals surface area contributed by atoms with Crippen LogP contribution in [0.15, 0.2) is 22.9 Å². The number of esters is 1. The number of furan rings is 1. The van der Waals surface area contributed by atoms with E-state index < -0.39 is 5.97 Å². The summed E-state index contributed by atoms with van der Waals surface area (Å²) >= 11 is 0. The third-order valence-corrected chi connectivity index (χ3v) is 2.00. The Morgan fingerprint density at radius 3 is 3.12 bits per heavy atom. The number of carbonyl (C=O) groups is 1. The molecule has 0 aliphatic carbocycles. The second-order valence-electron chi connectivity index (χ2n) is 3.14. The van der Waals surface area contributed by atoms with Gasteiger partial charge in [0.15, 0.2) is 0 Å². The smallest absolute Gasteiger partial charge is 0.373 e. The lowest BCUT2D eigenvalue weighted by Gasteiger charge is -1.96. The molecule has 0 N–H and O–H groups in total. The Kier molecular flexibility index (Phi) is 2.87. The number of hydrogen-bond acceptors (Lipinski definition) is 6. The molecule has 0 aromatic carbocycles. The van der Waals surface area contributed by atoms with Crippen molar-refractivity contribution < 1.29 is 13.9 Å². The van der Waals surface area contributed by atoms with Crippen LogP contribution in [-0.2, 0) is 11.3 Å². The van der Waals surface area contributed by atoms with Gasteiger partial charge in [0.05, 0.1) is 7.11 Å². The molecule has 0 spiro atoms. The van der Waals surface area contributed by atoms with E-state index in [1.807, 2.05) is 6.07 Å². The van der Waals surface area contributed by atoms with Crippen molar-refractivity contribution in [2.45, 2.75) is 6.54 Å². The number of ether oxygens (including phenoxy) is 1. The summed E-state index contributed by atoms with van der Waals surface area (Å²) in [6.07, 6.45) is 1.42. The molecule has 0 fully saturated rings. The molecule has 0 amide bonds. The van der Waals surface area contributed by atoms with Crippen LogP contribution in [-0.4, -0.2) is 27.8 Å². The summed E-state index contributed by atoms with van der Waals surface area (Å²) in [6, 6.07) is 4.97. The van der Waals surface area contributed by atoms with Crippen LogP contribution in [0.5, 0.6) is 0 Å². The standard InChI is InChI=1S/C10H8N4O3/c1-16-10(15)8-3-2-7(17-8)5-14-6-12-9(4-11)13-14/h2-3,6H,5H2,1H3. The second kappa shape index (κ2) is 4.49. The van der Waals surface area contributed by atoms with E-state index in [1.165, 1.54) is 24.2 Å². The summed E-state index contributed by atoms with van der Waals surface area (Å²) in [4.78, 5) is 14.9. The first-order valence-electron chi connectivity index (χ1n) is 4.69. The van der Waals surface area contributed by atoms with E-state index in [0.29, 0.717) is 12.3 Å². The van der Waals surface area contributed by atoms with Crippen molar-refractivity contribution in [2.75, 3.05) is 7.11 Å². The van der Waals surface area contributed by atoms with Crippen LogP contribution in [0.25, 0.3) is 0 Å². The van der Waals surface area contributed by atoms with Crippen molar-refractivity contribution >= 4 is 5.97 Å². The van der Waals surface area contributed by atoms with Crippen LogP contribution in [0.4, 0.5) is 0 Å². The van der Waals surface area contributed by atoms with Gasteiger partial charge in [-0.1, -0.05) is 0 Å². The fraction of sp³-hybridized carbons (Fsp3) is 0.200. The van der Waals surface area contributed by atoms with Gasteiger partial charge in [0.1, 0.15) is 24.7 Å². The average Bonchev–Trinajstić information content (AvgIpc) is 2.97. The monoisotopic (exact) mass is 232 g/mol. The Morgan fingerprint density at radius 2 is 2.47 bits per heavy atom. The number of aromatic nitrogens is 3. The predicted molar refractivity (Wildman–Crippen MR) is 53.9 cm³/mol. The van der Waals surface area contributed by atoms with Crippen LogP contribution < -0.4 is 0 Å². The Labute approximate surface area is 96.2 Å². The summed E-state index contributed by atoms with van der Waals surface area (Å²) in [7, 11) is 1.28. The van der Waals surface area contributed by atoms with E-state index in [0.717, 1.165) is 0 Å². The topological polar surface area (TPSA) is 93.9 Å². The van der Waals surface area contributed by atoms with Crippen LogP contribution in [0, 0.1) is 11.3 Å². The summed E-state index contributed by atoms with van der Waals surface area (Å²) in [5, 5.41) is 12.4. The van der Waals surface area contributed by atoms with E-state index >= 15 is 0 Å². The minimum absolute atomic E-state index is 0.0877. The highest BCUT2D eigenvalue weighted by atomic mass is 16.5. The fourth-order valence-electron chi connectivity index (χ4n) is 1.25. The molecule has 2 heterocycles. The number of nitriles is 1. The third kappa shape index (κ3) is 2.31. The summed E-state index contributed by atoms with van der Waals surface area (Å²) in [6.45, 7) is 0.297. The minimum atomic E-state index is -0.535. The van der Waals surface area contributed by atoms with Gasteiger partial charge in [0.25, 0.3) is 5.82 Å². The Bertz CT molecular complexity index is 578. The number of methoxy groups -OCH3 is 1. The summed E-state index contributed by atoms with van der Waals surface area (Å²) in [5.74, 6) is 0.209. The molecule has 7 heteroatoms. The van der Waals surface area contributed by atoms with E-state index in [4.69, 9.17) is 9.68 Å². The molecule has 0 atom stereocenters. The highest BCUT2D eigenvalue weighted by Crippen LogP contribution is 2.10. The lowest BCUT2D eigenvalue weighted by Crippen LogP contribution is -2.00. The highest BCUT2D eigenvalue weighted by Gasteiger charge is 2.11. The molecule has 0 bridgehead atoms. The number of carbonyl (C=O) groups excluding carboxylic acids is 1. The largest absolute Gasteiger partial charge is 0.463 e. The van der Waals surface area contributed by atoms with Gasteiger partial charge in [-0.2, -0.15) is 5.26 Å². The zero-order chi connectivity index (χ0) is 12.3. The van der Waals surface area contributed by atoms with Crippen molar-refractivity contribution in [2.24, 2.45) is 0 Å². The first-order chi connectivity index (χ1) is 8.22. The Morgan fingerprint density at radius 1 is 1.65 bits per heavy atom. The summed E-state index contributed by atoms with van der Waals surface area (Å²) in [5.41, 5.74) is 0. The Hall–Kier alpha value is -2.62. The first kappa shape index (κ1) is 10.9. The summed E-state index contributed by atoms with van der Waals surface area (Å²) < 4.78 is 11.2. The molecule has 2 aromatic rings. The maximum Gasteiger partial charge on any atom is 0.373 e. The lowest BCUT2D eigenvalue weighted by molar-refractivity contribution is 0.0563. The molecule has 0 aliphatic heterocycles. The van der Waals surface area contributed by atoms with Crippen molar-refractivity contribution in [1.29, 1.82) is 5.26 Å². The minimum Gasteiger partial charge on any atom is -0.463 e. The molecule has 17 heavy (non-hydrogen) atoms. The highest BCUT2D eigenvalue weighted by molar-refractivity contribution is 5.86. The second-order valence-corrected chi connectivity index (χ2v) is 3.14. The molecular weight excluding hydrogens is 224 g/mol. The molecule has 0 unspecified atom stereocenters. The van der Waals surface area contributed by atoms with Gasteiger partial charge in [0.2, 0.25) is 5.76 Å². The maximum absolute atomic E-state index is 11.1. The molecular formula is C10H8N4O3. The van der Waals surface area contributed by atoms with E-state index in [1.54, 1.807) is 6.07 Å². The van der Waals surface area contributed by atoms with E-state index in [-0.39, 0.29) is 11.6 Å². The SMILES string of the molecule is COC(=O)c1ccc(Cn2cnc(C#N)n2)o1. The third-order valence-electron chi connectivity index (χ3n) is 2.00. The van der Waals surface area contributed by atoms with Gasteiger partial charge in [-0.15, -0.1) is 5.10 Å². The lowest BCUT2D eigenvalue weighted by atomic mass is 10.4. The van der Waals surface area contributed by atoms with Crippen molar-refractivity contribution in [3.63, 3.8) is 0 Å². The Balaban J connectivity index is 2.11. The van der Waals surface area contributed by atoms with Crippen molar-refractivity contribution in [1.82, 2.24) is 14.8 Å². The van der Waals surface area contributed by atoms with Crippen LogP contribution in [0.3, 0.4) is 0 Å². The van der Waals surface area contributed by atoms with E-state index in [2.05, 4.69) is 14.8 Å². The van der Waals surface area contributed by atoms with Crippen molar-refractivity contribution in [3.05, 3.63) is 35.8 Å². The van der Waals surface area contributed by atoms with Crippen molar-refractivity contribution in [3.8, 4) is 6.07 Å². The van der Waals surface area contributed by atoms with Crippen LogP contribution in [0.2, 0.25) is 0 Å². The first-order valence-corrected chi connectivity index (χ1v) is 4.69. The normalized spacial score (nSPS) is 9.88. The maximum atomic E-state index is 11.1. The molecule has 2 aromatic heterocycles. The fourth-order valence-corrected chi connectivity index (χ4v) is 1.25. The van der Waals surface area contributed by atoms with Gasteiger partial charge in [0, 0.05) is 0 Å². The molecule has 86 valence electrons. The van der Waals surface area contributed by atoms with Crippen LogP contribution >= 0.6 is 0 Å². The molecule has 0 radical (unpaired) electrons. The van der Waals surface area contributed by atoms with Gasteiger partial charge < -0.3 is 9.15 Å². The molecule has 0 aliphatic rings. The van der Waals surface area contributed by atoms with Gasteiger partial charge in [-0.05, 0) is 12.1 Å². The van der Waals surface area contributed by atoms with Crippen LogP contribution in [0.1, 0.15) is 22.1 Å². The zero-order valence-electron chi connectivity index (χ0n) is 8.95.